The predicted molar refractivity (Wildman–Crippen MR) is 204 cm³/mol. The lowest BCUT2D eigenvalue weighted by molar-refractivity contribution is -0.143. The predicted octanol–water partition coefficient (Wildman–Crippen LogP) is 11.6. The van der Waals surface area contributed by atoms with Crippen molar-refractivity contribution in [2.24, 2.45) is 0 Å². The van der Waals surface area contributed by atoms with Gasteiger partial charge in [-0.25, -0.2) is 0 Å². The van der Waals surface area contributed by atoms with Crippen LogP contribution in [0.5, 0.6) is 0 Å². The number of aliphatic hydroxyl groups excluding tert-OH is 2. The Morgan fingerprint density at radius 2 is 0.894 bits per heavy atom. The van der Waals surface area contributed by atoms with Crippen molar-refractivity contribution in [1.82, 2.24) is 4.90 Å². The summed E-state index contributed by atoms with van der Waals surface area (Å²) in [5.41, 5.74) is 0. The van der Waals surface area contributed by atoms with Crippen molar-refractivity contribution in [3.63, 3.8) is 0 Å². The topological polar surface area (TPSA) is 70.0 Å². The molecule has 47 heavy (non-hydrogen) atoms. The minimum absolute atomic E-state index is 0.164. The van der Waals surface area contributed by atoms with Crippen LogP contribution in [-0.2, 0) is 9.53 Å². The number of ether oxygens (including phenoxy) is 1. The summed E-state index contributed by atoms with van der Waals surface area (Å²) in [6.45, 7) is 8.60. The summed E-state index contributed by atoms with van der Waals surface area (Å²) < 4.78 is 5.09. The zero-order valence-electron chi connectivity index (χ0n) is 31.7. The van der Waals surface area contributed by atoms with Crippen molar-refractivity contribution in [3.8, 4) is 0 Å². The molecule has 0 aliphatic heterocycles. The van der Waals surface area contributed by atoms with Gasteiger partial charge in [0.15, 0.2) is 0 Å². The molecule has 0 aromatic rings. The molecule has 0 aromatic heterocycles. The van der Waals surface area contributed by atoms with Crippen LogP contribution in [0.25, 0.3) is 0 Å². The summed E-state index contributed by atoms with van der Waals surface area (Å²) in [6.07, 6.45) is 41.7. The molecule has 0 fully saturated rings. The Bertz CT molecular complexity index is 648. The molecule has 0 aliphatic carbocycles. The number of nitrogens with zero attached hydrogens (tertiary/aromatic N) is 1. The van der Waals surface area contributed by atoms with Crippen LogP contribution in [-0.4, -0.2) is 59.5 Å². The maximum Gasteiger partial charge on any atom is 0.305 e. The normalized spacial score (nSPS) is 13.3. The van der Waals surface area contributed by atoms with Gasteiger partial charge in [0.25, 0.3) is 0 Å². The van der Waals surface area contributed by atoms with Crippen molar-refractivity contribution >= 4 is 5.97 Å². The first-order valence-corrected chi connectivity index (χ1v) is 20.6. The Morgan fingerprint density at radius 1 is 0.532 bits per heavy atom. The van der Waals surface area contributed by atoms with Gasteiger partial charge in [0.2, 0.25) is 0 Å². The van der Waals surface area contributed by atoms with E-state index in [1.807, 2.05) is 6.92 Å². The van der Waals surface area contributed by atoms with Crippen molar-refractivity contribution in [2.75, 3.05) is 26.2 Å². The second kappa shape index (κ2) is 37.6. The first kappa shape index (κ1) is 45.8. The van der Waals surface area contributed by atoms with Crippen LogP contribution >= 0.6 is 0 Å². The van der Waals surface area contributed by atoms with Crippen molar-refractivity contribution in [2.45, 2.75) is 213 Å². The second-order valence-electron chi connectivity index (χ2n) is 14.0. The van der Waals surface area contributed by atoms with Gasteiger partial charge in [-0.3, -0.25) is 9.69 Å². The minimum atomic E-state index is -0.392. The van der Waals surface area contributed by atoms with Crippen LogP contribution in [0.1, 0.15) is 201 Å². The molecule has 5 nitrogen and oxygen atoms in total. The molecule has 0 aromatic carbocycles. The standard InChI is InChI=1S/C42H81NO4/c1-4-7-9-11-13-15-17-19-21-23-25-27-29-31-34-40(44)38-43(37-33-36-42(46)47-6-3)39-41(45)35-32-30-28-26-24-22-20-18-16-14-12-10-8-5-2/h19-22,40-41,44-45H,4-18,23-39H2,1-3H3/b21-19-,22-20-. The fourth-order valence-electron chi connectivity index (χ4n) is 6.26. The van der Waals surface area contributed by atoms with E-state index in [1.54, 1.807) is 0 Å². The maximum absolute atomic E-state index is 11.8. The molecule has 0 heterocycles. The zero-order valence-corrected chi connectivity index (χ0v) is 31.7. The summed E-state index contributed by atoms with van der Waals surface area (Å²) in [6, 6.07) is 0. The first-order chi connectivity index (χ1) is 23.0. The summed E-state index contributed by atoms with van der Waals surface area (Å²) >= 11 is 0. The van der Waals surface area contributed by atoms with E-state index in [0.29, 0.717) is 39.1 Å². The molecule has 0 saturated carbocycles. The number of esters is 1. The molecule has 0 rings (SSSR count). The number of rotatable bonds is 37. The van der Waals surface area contributed by atoms with Gasteiger partial charge in [-0.2, -0.15) is 0 Å². The minimum Gasteiger partial charge on any atom is -0.466 e. The molecule has 0 radical (unpaired) electrons. The number of hydrogen-bond donors (Lipinski definition) is 2. The van der Waals surface area contributed by atoms with E-state index in [4.69, 9.17) is 4.74 Å². The van der Waals surface area contributed by atoms with E-state index in [2.05, 4.69) is 43.1 Å². The fourth-order valence-corrected chi connectivity index (χ4v) is 6.26. The Morgan fingerprint density at radius 3 is 1.28 bits per heavy atom. The lowest BCUT2D eigenvalue weighted by atomic mass is 10.1. The molecule has 0 aliphatic rings. The maximum atomic E-state index is 11.8. The molecule has 2 atom stereocenters. The molecule has 5 heteroatoms. The SMILES string of the molecule is CCCCCCCC/C=C\CCCCCCC(O)CN(CCCC(=O)OCC)CC(O)CCCCCC/C=C\CCCCCCCC. The lowest BCUT2D eigenvalue weighted by Gasteiger charge is -2.27. The second-order valence-corrected chi connectivity index (χ2v) is 14.0. The van der Waals surface area contributed by atoms with E-state index in [0.717, 1.165) is 38.5 Å². The molecule has 0 amide bonds. The number of aliphatic hydroxyl groups is 2. The van der Waals surface area contributed by atoms with Crippen LogP contribution in [0, 0.1) is 0 Å². The lowest BCUT2D eigenvalue weighted by Crippen LogP contribution is -2.39. The third kappa shape index (κ3) is 35.9. The average Bonchev–Trinajstić information content (AvgIpc) is 3.05. The molecular weight excluding hydrogens is 582 g/mol. The molecule has 0 bridgehead atoms. The van der Waals surface area contributed by atoms with E-state index < -0.39 is 12.2 Å². The average molecular weight is 664 g/mol. The number of carbonyl (C=O) groups is 1. The van der Waals surface area contributed by atoms with E-state index in [-0.39, 0.29) is 5.97 Å². The fraction of sp³-hybridized carbons (Fsp3) is 0.881. The number of carbonyl (C=O) groups excluding carboxylic acids is 1. The number of allylic oxidation sites excluding steroid dienone is 4. The Labute approximate surface area is 293 Å². The summed E-state index contributed by atoms with van der Waals surface area (Å²) in [7, 11) is 0. The van der Waals surface area contributed by atoms with Gasteiger partial charge in [-0.15, -0.1) is 0 Å². The number of unbranched alkanes of at least 4 members (excludes halogenated alkanes) is 20. The zero-order chi connectivity index (χ0) is 34.5. The summed E-state index contributed by atoms with van der Waals surface area (Å²) in [5.74, 6) is -0.164. The smallest absolute Gasteiger partial charge is 0.305 e. The number of hydrogen-bond acceptors (Lipinski definition) is 5. The molecule has 2 N–H and O–H groups in total. The first-order valence-electron chi connectivity index (χ1n) is 20.6. The van der Waals surface area contributed by atoms with Gasteiger partial charge < -0.3 is 14.9 Å². The highest BCUT2D eigenvalue weighted by molar-refractivity contribution is 5.69. The quantitative estimate of drug-likeness (QED) is 0.0393. The summed E-state index contributed by atoms with van der Waals surface area (Å²) in [5, 5.41) is 21.6. The third-order valence-corrected chi connectivity index (χ3v) is 9.20. The van der Waals surface area contributed by atoms with E-state index in [9.17, 15) is 15.0 Å². The molecule has 0 spiro atoms. The van der Waals surface area contributed by atoms with E-state index in [1.165, 1.54) is 128 Å². The van der Waals surface area contributed by atoms with Gasteiger partial charge in [-0.05, 0) is 84.1 Å². The van der Waals surface area contributed by atoms with E-state index >= 15 is 0 Å². The van der Waals surface area contributed by atoms with Gasteiger partial charge in [0.05, 0.1) is 18.8 Å². The largest absolute Gasteiger partial charge is 0.466 e. The molecule has 278 valence electrons. The van der Waals surface area contributed by atoms with Gasteiger partial charge >= 0.3 is 5.97 Å². The highest BCUT2D eigenvalue weighted by Gasteiger charge is 2.16. The van der Waals surface area contributed by atoms with Crippen molar-refractivity contribution in [3.05, 3.63) is 24.3 Å². The molecule has 2 unspecified atom stereocenters. The molecule has 0 saturated heterocycles. The Balaban J connectivity index is 4.13. The highest BCUT2D eigenvalue weighted by atomic mass is 16.5. The van der Waals surface area contributed by atoms with Gasteiger partial charge in [0.1, 0.15) is 0 Å². The third-order valence-electron chi connectivity index (χ3n) is 9.20. The Kier molecular flexibility index (Phi) is 36.7. The molecular formula is C42H81NO4. The van der Waals surface area contributed by atoms with Gasteiger partial charge in [0, 0.05) is 19.5 Å². The van der Waals surface area contributed by atoms with Crippen molar-refractivity contribution < 1.29 is 19.7 Å². The van der Waals surface area contributed by atoms with Gasteiger partial charge in [-0.1, -0.05) is 141 Å². The monoisotopic (exact) mass is 664 g/mol. The Hall–Kier alpha value is -1.17. The van der Waals surface area contributed by atoms with Crippen LogP contribution in [0.15, 0.2) is 24.3 Å². The van der Waals surface area contributed by atoms with Crippen molar-refractivity contribution in [1.29, 1.82) is 0 Å². The highest BCUT2D eigenvalue weighted by Crippen LogP contribution is 2.14. The van der Waals surface area contributed by atoms with Crippen LogP contribution in [0.3, 0.4) is 0 Å². The summed E-state index contributed by atoms with van der Waals surface area (Å²) in [4.78, 5) is 14.0. The van der Waals surface area contributed by atoms with Crippen LogP contribution in [0.4, 0.5) is 0 Å². The van der Waals surface area contributed by atoms with Crippen LogP contribution < -0.4 is 0 Å². The van der Waals surface area contributed by atoms with Crippen LogP contribution in [0.2, 0.25) is 0 Å².